The fourth-order valence-electron chi connectivity index (χ4n) is 6.98. The molecule has 212 valence electrons. The molecule has 8 heteroatoms. The summed E-state index contributed by atoms with van der Waals surface area (Å²) < 4.78 is 2.75. The average molecular weight is 587 g/mol. The lowest BCUT2D eigenvalue weighted by molar-refractivity contribution is -0.314. The number of anilines is 2. The van der Waals surface area contributed by atoms with Crippen LogP contribution in [0.25, 0.3) is 17.2 Å². The zero-order chi connectivity index (χ0) is 29.8. The molecular weight excluding hydrogens is 558 g/mol. The Morgan fingerprint density at radius 2 is 1.72 bits per heavy atom. The predicted octanol–water partition coefficient (Wildman–Crippen LogP) is 5.20. The van der Waals surface area contributed by atoms with Gasteiger partial charge in [-0.1, -0.05) is 48.9 Å². The summed E-state index contributed by atoms with van der Waals surface area (Å²) in [6.45, 7) is 0.878. The number of hydrogen-bond donors (Lipinski definition) is 3. The second-order valence-corrected chi connectivity index (χ2v) is 11.6. The largest absolute Gasteiger partial charge is 0.478 e. The number of carboxylic acids is 1. The minimum absolute atomic E-state index is 0.0517. The van der Waals surface area contributed by atoms with Crippen LogP contribution >= 0.6 is 0 Å². The maximum Gasteiger partial charge on any atom is 0.335 e. The van der Waals surface area contributed by atoms with Gasteiger partial charge >= 0.3 is 5.97 Å². The molecule has 0 amide bonds. The van der Waals surface area contributed by atoms with Crippen LogP contribution in [-0.4, -0.2) is 28.7 Å². The molecule has 1 aliphatic heterocycles. The van der Waals surface area contributed by atoms with E-state index >= 15 is 0 Å². The third-order valence-electron chi connectivity index (χ3n) is 9.05. The van der Waals surface area contributed by atoms with Crippen molar-refractivity contribution in [2.45, 2.75) is 37.8 Å². The fourth-order valence-corrected chi connectivity index (χ4v) is 7.21. The Labute approximate surface area is 253 Å². The molecule has 1 heterocycles. The van der Waals surface area contributed by atoms with E-state index in [1.807, 2.05) is 12.1 Å². The predicted molar refractivity (Wildman–Crippen MR) is 167 cm³/mol. The first-order chi connectivity index (χ1) is 20.9. The standard InChI is InChI=1S/C35H27N3O4S/c36-31-23(20-11-14-30-26(15-20)24-7-4-8-29(24)38(30)18-19-5-2-1-3-6-19)12-9-21(32(31)37-43)16-28-33(39)25-13-10-22(35(41)42)17-27(25)34(28)40/h1-3,5-6,9-17,24,29H,4,7-8,18,36H2,(H,41,42)/p+1/b28-16-. The summed E-state index contributed by atoms with van der Waals surface area (Å²) in [6, 6.07) is 25.2. The van der Waals surface area contributed by atoms with E-state index in [0.717, 1.165) is 24.1 Å². The number of nitrogens with zero attached hydrogens (tertiary/aromatic N) is 1. The zero-order valence-electron chi connectivity index (χ0n) is 23.2. The molecule has 1 fully saturated rings. The Kier molecular flexibility index (Phi) is 6.51. The van der Waals surface area contributed by atoms with E-state index in [1.54, 1.807) is 6.07 Å². The third-order valence-corrected chi connectivity index (χ3v) is 9.25. The van der Waals surface area contributed by atoms with Gasteiger partial charge in [0, 0.05) is 40.9 Å². The van der Waals surface area contributed by atoms with Crippen LogP contribution in [-0.2, 0) is 19.0 Å². The highest BCUT2D eigenvalue weighted by Gasteiger charge is 2.41. The molecule has 2 atom stereocenters. The van der Waals surface area contributed by atoms with Crippen molar-refractivity contribution in [3.63, 3.8) is 0 Å². The molecule has 0 spiro atoms. The quantitative estimate of drug-likeness (QED) is 0.162. The number of carboxylic acid groups (broad SMARTS) is 1. The van der Waals surface area contributed by atoms with Crippen LogP contribution in [0.5, 0.6) is 0 Å². The number of fused-ring (bicyclic) bond motifs is 4. The van der Waals surface area contributed by atoms with Gasteiger partial charge in [-0.25, -0.2) is 4.79 Å². The van der Waals surface area contributed by atoms with Crippen LogP contribution in [0.15, 0.2) is 84.4 Å². The molecule has 0 saturated heterocycles. The monoisotopic (exact) mass is 586 g/mol. The van der Waals surface area contributed by atoms with Gasteiger partial charge in [0.2, 0.25) is 5.69 Å². The van der Waals surface area contributed by atoms with E-state index in [0.29, 0.717) is 28.9 Å². The third kappa shape index (κ3) is 4.37. The molecule has 43 heavy (non-hydrogen) atoms. The molecule has 7 nitrogen and oxygen atoms in total. The molecule has 3 aliphatic rings. The summed E-state index contributed by atoms with van der Waals surface area (Å²) in [5.74, 6) is -1.67. The summed E-state index contributed by atoms with van der Waals surface area (Å²) in [5.41, 5.74) is 13.9. The number of benzene rings is 4. The van der Waals surface area contributed by atoms with Gasteiger partial charge < -0.3 is 15.7 Å². The van der Waals surface area contributed by atoms with Crippen LogP contribution in [0.4, 0.5) is 17.1 Å². The first-order valence-electron chi connectivity index (χ1n) is 14.3. The Bertz CT molecular complexity index is 1900. The van der Waals surface area contributed by atoms with E-state index in [4.69, 9.17) is 18.2 Å². The van der Waals surface area contributed by atoms with Crippen molar-refractivity contribution < 1.29 is 23.9 Å². The van der Waals surface area contributed by atoms with Gasteiger partial charge in [-0.2, -0.15) is 0 Å². The summed E-state index contributed by atoms with van der Waals surface area (Å²) in [4.78, 5) is 40.2. The number of nitrogen functional groups attached to an aromatic ring is 1. The molecule has 2 unspecified atom stereocenters. The van der Waals surface area contributed by atoms with E-state index in [9.17, 15) is 19.5 Å². The highest BCUT2D eigenvalue weighted by molar-refractivity contribution is 7.44. The van der Waals surface area contributed by atoms with Crippen LogP contribution in [0.3, 0.4) is 0 Å². The van der Waals surface area contributed by atoms with E-state index in [1.165, 1.54) is 53.9 Å². The summed E-state index contributed by atoms with van der Waals surface area (Å²) in [6.07, 6.45) is 5.02. The molecule has 1 saturated carbocycles. The number of rotatable bonds is 6. The first kappa shape index (κ1) is 26.9. The number of hydrogen-bond acceptors (Lipinski definition) is 6. The van der Waals surface area contributed by atoms with Crippen LogP contribution in [0, 0.1) is 0 Å². The van der Waals surface area contributed by atoms with Gasteiger partial charge in [0.1, 0.15) is 5.69 Å². The number of ketones is 2. The van der Waals surface area contributed by atoms with Gasteiger partial charge in [-0.05, 0) is 72.0 Å². The number of allylic oxidation sites excluding steroid dienone is 1. The second kappa shape index (κ2) is 10.4. The number of carbonyl (C=O) groups excluding carboxylic acids is 2. The molecule has 4 aromatic rings. The van der Waals surface area contributed by atoms with Crippen molar-refractivity contribution in [1.82, 2.24) is 0 Å². The maximum absolute atomic E-state index is 13.1. The smallest absolute Gasteiger partial charge is 0.335 e. The molecule has 0 bridgehead atoms. The molecule has 0 aromatic heterocycles. The average Bonchev–Trinajstić information content (AvgIpc) is 3.67. The van der Waals surface area contributed by atoms with Crippen molar-refractivity contribution in [2.75, 3.05) is 10.6 Å². The van der Waals surface area contributed by atoms with Crippen LogP contribution in [0.2, 0.25) is 0 Å². The summed E-state index contributed by atoms with van der Waals surface area (Å²) >= 11 is 5.24. The van der Waals surface area contributed by atoms with E-state index in [-0.39, 0.29) is 22.3 Å². The molecular formula is C35H28N3O4S+. The van der Waals surface area contributed by atoms with Crippen molar-refractivity contribution in [3.8, 4) is 11.1 Å². The van der Waals surface area contributed by atoms with Crippen LogP contribution < -0.4 is 15.0 Å². The van der Waals surface area contributed by atoms with E-state index in [2.05, 4.69) is 51.7 Å². The molecule has 4 aromatic carbocycles. The van der Waals surface area contributed by atoms with Crippen LogP contribution in [0.1, 0.15) is 72.9 Å². The minimum Gasteiger partial charge on any atom is -0.478 e. The Morgan fingerprint density at radius 1 is 0.953 bits per heavy atom. The van der Waals surface area contributed by atoms with Crippen molar-refractivity contribution in [1.29, 1.82) is 0 Å². The minimum atomic E-state index is -1.17. The zero-order valence-corrected chi connectivity index (χ0v) is 24.0. The Hall–Kier alpha value is -4.95. The fraction of sp³-hybridized carbons (Fsp3) is 0.171. The molecule has 4 N–H and O–H groups in total. The van der Waals surface area contributed by atoms with E-state index < -0.39 is 17.5 Å². The Morgan fingerprint density at radius 3 is 2.49 bits per heavy atom. The van der Waals surface area contributed by atoms with Gasteiger partial charge in [0.15, 0.2) is 11.6 Å². The number of aromatic carboxylic acids is 1. The number of Topliss-reactive ketones (excluding diaryl/α,β-unsaturated/α-hetero) is 2. The second-order valence-electron chi connectivity index (χ2n) is 11.4. The number of carbonyl (C=O) groups is 3. The van der Waals surface area contributed by atoms with Gasteiger partial charge in [-0.3, -0.25) is 9.59 Å². The highest BCUT2D eigenvalue weighted by atomic mass is 32.1. The maximum atomic E-state index is 13.1. The van der Waals surface area contributed by atoms with Gasteiger partial charge in [-0.15, -0.1) is 4.36 Å². The van der Waals surface area contributed by atoms with Crippen molar-refractivity contribution in [3.05, 3.63) is 118 Å². The highest BCUT2D eigenvalue weighted by Crippen LogP contribution is 2.51. The SMILES string of the molecule is Nc1c(-c2ccc3c(c2)C2CCCC2N3Cc2ccccc2)ccc(/C=C2/C(=O)c3ccc(C(=O)O)cc3C2=O)c1[NH+]=S. The summed E-state index contributed by atoms with van der Waals surface area (Å²) in [5, 5.41) is 9.31. The lowest BCUT2D eigenvalue weighted by atomic mass is 9.92. The first-order valence-corrected chi connectivity index (χ1v) is 14.7. The van der Waals surface area contributed by atoms with Crippen molar-refractivity contribution >= 4 is 53.1 Å². The molecule has 2 aliphatic carbocycles. The number of nitrogens with one attached hydrogen (secondary N) is 1. The Balaban J connectivity index is 1.24. The topological polar surface area (TPSA) is 115 Å². The van der Waals surface area contributed by atoms with Gasteiger partial charge in [0.05, 0.1) is 16.7 Å². The van der Waals surface area contributed by atoms with Crippen molar-refractivity contribution in [2.24, 2.45) is 0 Å². The molecule has 7 rings (SSSR count). The normalized spacial score (nSPS) is 19.4. The van der Waals surface area contributed by atoms with Gasteiger partial charge in [0.25, 0.3) is 12.4 Å². The molecule has 0 radical (unpaired) electrons. The lowest BCUT2D eigenvalue weighted by Gasteiger charge is -2.27. The summed E-state index contributed by atoms with van der Waals surface area (Å²) in [7, 11) is 0. The lowest BCUT2D eigenvalue weighted by Crippen LogP contribution is -2.57. The number of nitrogens with two attached hydrogens (primary N) is 1.